The van der Waals surface area contributed by atoms with E-state index in [-0.39, 0.29) is 12.5 Å². The maximum absolute atomic E-state index is 11.6. The number of carbonyl (C=O) groups excluding carboxylic acids is 2. The molecule has 0 atom stereocenters. The molecule has 0 aliphatic rings. The lowest BCUT2D eigenvalue weighted by atomic mass is 10.2. The molecule has 0 fully saturated rings. The van der Waals surface area contributed by atoms with Gasteiger partial charge in [-0.05, 0) is 5.56 Å². The molecule has 6 nitrogen and oxygen atoms in total. The average molecular weight is 258 g/mol. The number of hydrogen-bond donors (Lipinski definition) is 2. The summed E-state index contributed by atoms with van der Waals surface area (Å²) in [4.78, 5) is 22.2. The summed E-state index contributed by atoms with van der Waals surface area (Å²) in [5.74, 6) is -0.942. The van der Waals surface area contributed by atoms with Crippen molar-refractivity contribution in [3.05, 3.63) is 53.9 Å². The second kappa shape index (κ2) is 5.81. The van der Waals surface area contributed by atoms with Gasteiger partial charge in [0.05, 0.1) is 24.8 Å². The van der Waals surface area contributed by atoms with Gasteiger partial charge in [0.2, 0.25) is 5.91 Å². The van der Waals surface area contributed by atoms with Crippen LogP contribution in [0.1, 0.15) is 15.9 Å². The summed E-state index contributed by atoms with van der Waals surface area (Å²) < 4.78 is 1.66. The van der Waals surface area contributed by atoms with E-state index >= 15 is 0 Å². The van der Waals surface area contributed by atoms with E-state index in [1.54, 1.807) is 10.9 Å². The van der Waals surface area contributed by atoms with Crippen LogP contribution in [0.2, 0.25) is 0 Å². The molecule has 0 aliphatic carbocycles. The lowest BCUT2D eigenvalue weighted by Crippen LogP contribution is -2.33. The van der Waals surface area contributed by atoms with E-state index in [1.807, 2.05) is 30.3 Å². The highest BCUT2D eigenvalue weighted by Gasteiger charge is 2.09. The minimum atomic E-state index is -0.579. The molecule has 1 aromatic heterocycles. The first-order valence-corrected chi connectivity index (χ1v) is 5.78. The first-order chi connectivity index (χ1) is 9.15. The molecule has 2 amide bonds. The van der Waals surface area contributed by atoms with E-state index in [0.717, 1.165) is 5.56 Å². The van der Waals surface area contributed by atoms with Crippen LogP contribution in [0, 0.1) is 0 Å². The number of rotatable bonds is 5. The zero-order valence-electron chi connectivity index (χ0n) is 10.2. The maximum atomic E-state index is 11.6. The lowest BCUT2D eigenvalue weighted by molar-refractivity contribution is -0.117. The largest absolute Gasteiger partial charge is 0.368 e. The van der Waals surface area contributed by atoms with Gasteiger partial charge in [-0.2, -0.15) is 5.10 Å². The molecular weight excluding hydrogens is 244 g/mol. The highest BCUT2D eigenvalue weighted by Crippen LogP contribution is 2.03. The normalized spacial score (nSPS) is 10.1. The predicted octanol–water partition coefficient (Wildman–Crippen LogP) is 0.147. The van der Waals surface area contributed by atoms with Gasteiger partial charge in [-0.1, -0.05) is 30.3 Å². The summed E-state index contributed by atoms with van der Waals surface area (Å²) in [6.45, 7) is 0.409. The Labute approximate surface area is 110 Å². The second-order valence-corrected chi connectivity index (χ2v) is 4.06. The third-order valence-corrected chi connectivity index (χ3v) is 2.51. The van der Waals surface area contributed by atoms with Crippen molar-refractivity contribution < 1.29 is 9.59 Å². The van der Waals surface area contributed by atoms with Gasteiger partial charge in [0.1, 0.15) is 0 Å². The van der Waals surface area contributed by atoms with Gasteiger partial charge >= 0.3 is 0 Å². The molecule has 0 bridgehead atoms. The molecule has 0 radical (unpaired) electrons. The van der Waals surface area contributed by atoms with E-state index in [2.05, 4.69) is 10.4 Å². The molecule has 0 unspecified atom stereocenters. The van der Waals surface area contributed by atoms with Gasteiger partial charge in [0.25, 0.3) is 5.91 Å². The zero-order valence-corrected chi connectivity index (χ0v) is 10.2. The first-order valence-electron chi connectivity index (χ1n) is 5.78. The Hall–Kier alpha value is -2.63. The van der Waals surface area contributed by atoms with Crippen LogP contribution in [0.5, 0.6) is 0 Å². The van der Waals surface area contributed by atoms with Gasteiger partial charge in [-0.25, -0.2) is 0 Å². The Balaban J connectivity index is 1.99. The van der Waals surface area contributed by atoms with E-state index in [4.69, 9.17) is 5.73 Å². The number of amides is 2. The van der Waals surface area contributed by atoms with Gasteiger partial charge < -0.3 is 11.1 Å². The number of nitrogens with one attached hydrogen (secondary N) is 1. The van der Waals surface area contributed by atoms with Crippen LogP contribution in [0.4, 0.5) is 0 Å². The van der Waals surface area contributed by atoms with Crippen molar-refractivity contribution >= 4 is 11.8 Å². The van der Waals surface area contributed by atoms with Gasteiger partial charge in [-0.3, -0.25) is 14.3 Å². The van der Waals surface area contributed by atoms with E-state index in [0.29, 0.717) is 12.1 Å². The minimum absolute atomic E-state index is 0.178. The third kappa shape index (κ3) is 3.67. The van der Waals surface area contributed by atoms with E-state index in [1.165, 1.54) is 6.20 Å². The van der Waals surface area contributed by atoms with Crippen LogP contribution < -0.4 is 11.1 Å². The van der Waals surface area contributed by atoms with Crippen LogP contribution in [0.25, 0.3) is 0 Å². The second-order valence-electron chi connectivity index (χ2n) is 4.06. The quantitative estimate of drug-likeness (QED) is 0.799. The number of nitrogens with zero attached hydrogens (tertiary/aromatic N) is 2. The maximum Gasteiger partial charge on any atom is 0.254 e. The molecule has 1 heterocycles. The fourth-order valence-corrected chi connectivity index (χ4v) is 1.61. The van der Waals surface area contributed by atoms with Crippen molar-refractivity contribution in [3.8, 4) is 0 Å². The number of nitrogens with two attached hydrogens (primary N) is 1. The highest BCUT2D eigenvalue weighted by molar-refractivity contribution is 5.95. The first kappa shape index (κ1) is 12.8. The zero-order chi connectivity index (χ0) is 13.7. The van der Waals surface area contributed by atoms with Gasteiger partial charge in [-0.15, -0.1) is 0 Å². The SMILES string of the molecule is NC(=O)CNC(=O)c1cnn(Cc2ccccc2)c1. The minimum Gasteiger partial charge on any atom is -0.368 e. The third-order valence-electron chi connectivity index (χ3n) is 2.51. The fraction of sp³-hybridized carbons (Fsp3) is 0.154. The Morgan fingerprint density at radius 3 is 2.68 bits per heavy atom. The fourth-order valence-electron chi connectivity index (χ4n) is 1.61. The van der Waals surface area contributed by atoms with Crippen molar-refractivity contribution in [2.45, 2.75) is 6.54 Å². The number of carbonyl (C=O) groups is 2. The summed E-state index contributed by atoms with van der Waals surface area (Å²) in [6.07, 6.45) is 3.09. The number of hydrogen-bond acceptors (Lipinski definition) is 3. The Kier molecular flexibility index (Phi) is 3.92. The lowest BCUT2D eigenvalue weighted by Gasteiger charge is -2.01. The molecule has 2 rings (SSSR count). The Morgan fingerprint density at radius 2 is 2.00 bits per heavy atom. The smallest absolute Gasteiger partial charge is 0.254 e. The molecule has 6 heteroatoms. The van der Waals surface area contributed by atoms with Crippen molar-refractivity contribution in [3.63, 3.8) is 0 Å². The van der Waals surface area contributed by atoms with Crippen molar-refractivity contribution in [1.82, 2.24) is 15.1 Å². The molecule has 0 spiro atoms. The summed E-state index contributed by atoms with van der Waals surface area (Å²) in [5.41, 5.74) is 6.44. The van der Waals surface area contributed by atoms with Gasteiger partial charge in [0.15, 0.2) is 0 Å². The Morgan fingerprint density at radius 1 is 1.26 bits per heavy atom. The Bertz CT molecular complexity index is 577. The molecule has 98 valence electrons. The molecule has 0 saturated carbocycles. The number of aromatic nitrogens is 2. The molecule has 0 saturated heterocycles. The standard InChI is InChI=1S/C13H14N4O2/c14-12(18)7-15-13(19)11-6-16-17(9-11)8-10-4-2-1-3-5-10/h1-6,9H,7-8H2,(H2,14,18)(H,15,19). The van der Waals surface area contributed by atoms with Crippen LogP contribution in [0.15, 0.2) is 42.7 Å². The average Bonchev–Trinajstić information content (AvgIpc) is 2.85. The summed E-state index contributed by atoms with van der Waals surface area (Å²) in [7, 11) is 0. The molecule has 2 aromatic rings. The van der Waals surface area contributed by atoms with Crippen molar-refractivity contribution in [1.29, 1.82) is 0 Å². The number of benzene rings is 1. The van der Waals surface area contributed by atoms with Gasteiger partial charge in [0, 0.05) is 6.20 Å². The molecular formula is C13H14N4O2. The van der Waals surface area contributed by atoms with Crippen LogP contribution in [-0.4, -0.2) is 28.1 Å². The monoisotopic (exact) mass is 258 g/mol. The predicted molar refractivity (Wildman–Crippen MR) is 69.3 cm³/mol. The van der Waals surface area contributed by atoms with Crippen molar-refractivity contribution in [2.24, 2.45) is 5.73 Å². The van der Waals surface area contributed by atoms with Crippen LogP contribution in [-0.2, 0) is 11.3 Å². The van der Waals surface area contributed by atoms with E-state index in [9.17, 15) is 9.59 Å². The summed E-state index contributed by atoms with van der Waals surface area (Å²) in [6, 6.07) is 9.79. The topological polar surface area (TPSA) is 90.0 Å². The van der Waals surface area contributed by atoms with Crippen molar-refractivity contribution in [2.75, 3.05) is 6.54 Å². The van der Waals surface area contributed by atoms with E-state index < -0.39 is 5.91 Å². The van der Waals surface area contributed by atoms with Crippen LogP contribution >= 0.6 is 0 Å². The molecule has 19 heavy (non-hydrogen) atoms. The summed E-state index contributed by atoms with van der Waals surface area (Å²) >= 11 is 0. The molecule has 3 N–H and O–H groups in total. The van der Waals surface area contributed by atoms with Crippen LogP contribution in [0.3, 0.4) is 0 Å². The number of primary amides is 1. The highest BCUT2D eigenvalue weighted by atomic mass is 16.2. The molecule has 0 aliphatic heterocycles. The summed E-state index contributed by atoms with van der Waals surface area (Å²) in [5, 5.41) is 6.51. The molecule has 1 aromatic carbocycles.